The summed E-state index contributed by atoms with van der Waals surface area (Å²) in [6.45, 7) is 3.83. The topological polar surface area (TPSA) is 100 Å². The molecule has 0 bridgehead atoms. The van der Waals surface area contributed by atoms with Crippen molar-refractivity contribution in [3.05, 3.63) is 41.5 Å². The zero-order valence-electron chi connectivity index (χ0n) is 12.0. The lowest BCUT2D eigenvalue weighted by atomic mass is 10.2. The highest BCUT2D eigenvalue weighted by molar-refractivity contribution is 5.94. The summed E-state index contributed by atoms with van der Waals surface area (Å²) in [7, 11) is 0. The molecule has 0 aliphatic carbocycles. The van der Waals surface area contributed by atoms with Gasteiger partial charge in [0.05, 0.1) is 13.2 Å². The molecule has 0 aliphatic rings. The van der Waals surface area contributed by atoms with Crippen LogP contribution in [0.4, 0.5) is 5.69 Å². The number of benzene rings is 1. The van der Waals surface area contributed by atoms with Gasteiger partial charge in [0.15, 0.2) is 5.82 Å². The lowest BCUT2D eigenvalue weighted by Gasteiger charge is -2.11. The number of nitrogens with one attached hydrogen (secondary N) is 2. The normalized spacial score (nSPS) is 12.0. The Morgan fingerprint density at radius 1 is 1.38 bits per heavy atom. The van der Waals surface area contributed by atoms with Crippen LogP contribution in [0.15, 0.2) is 28.8 Å². The average molecular weight is 290 g/mol. The standard InChI is InChI=1S/C14H18N4O3/c1-9(8-19)16-14(20)11-3-5-12(6-4-11)15-7-13-17-10(2)18-21-13/h3-6,9,15,19H,7-8H2,1-2H3,(H,16,20). The van der Waals surface area contributed by atoms with E-state index in [0.29, 0.717) is 23.8 Å². The second-order valence-electron chi connectivity index (χ2n) is 4.72. The first-order valence-corrected chi connectivity index (χ1v) is 6.63. The molecule has 0 fully saturated rings. The number of aliphatic hydroxyl groups excluding tert-OH is 1. The van der Waals surface area contributed by atoms with Crippen molar-refractivity contribution in [3.8, 4) is 0 Å². The second kappa shape index (κ2) is 6.85. The van der Waals surface area contributed by atoms with Gasteiger partial charge in [0.25, 0.3) is 5.91 Å². The predicted molar refractivity (Wildman–Crippen MR) is 76.8 cm³/mol. The number of rotatable bonds is 6. The highest BCUT2D eigenvalue weighted by Gasteiger charge is 2.09. The summed E-state index contributed by atoms with van der Waals surface area (Å²) >= 11 is 0. The molecule has 1 aromatic heterocycles. The van der Waals surface area contributed by atoms with E-state index in [4.69, 9.17) is 9.63 Å². The van der Waals surface area contributed by atoms with E-state index in [1.54, 1.807) is 38.1 Å². The van der Waals surface area contributed by atoms with Crippen LogP contribution >= 0.6 is 0 Å². The Morgan fingerprint density at radius 2 is 2.10 bits per heavy atom. The predicted octanol–water partition coefficient (Wildman–Crippen LogP) is 1.10. The second-order valence-corrected chi connectivity index (χ2v) is 4.72. The summed E-state index contributed by atoms with van der Waals surface area (Å²) in [5.74, 6) is 0.888. The maximum absolute atomic E-state index is 11.8. The van der Waals surface area contributed by atoms with Gasteiger partial charge in [-0.3, -0.25) is 4.79 Å². The van der Waals surface area contributed by atoms with Gasteiger partial charge in [0.2, 0.25) is 5.89 Å². The molecule has 1 heterocycles. The number of anilines is 1. The molecule has 7 nitrogen and oxygen atoms in total. The molecule has 0 aliphatic heterocycles. The van der Waals surface area contributed by atoms with Gasteiger partial charge in [-0.2, -0.15) is 4.98 Å². The number of amides is 1. The molecular weight excluding hydrogens is 272 g/mol. The molecule has 2 rings (SSSR count). The van der Waals surface area contributed by atoms with Gasteiger partial charge in [0.1, 0.15) is 0 Å². The molecule has 112 valence electrons. The third-order valence-corrected chi connectivity index (χ3v) is 2.81. The molecular formula is C14H18N4O3. The van der Waals surface area contributed by atoms with Crippen molar-refractivity contribution in [1.82, 2.24) is 15.5 Å². The van der Waals surface area contributed by atoms with Crippen LogP contribution in [0.1, 0.15) is 29.0 Å². The van der Waals surface area contributed by atoms with E-state index < -0.39 is 0 Å². The molecule has 7 heteroatoms. The van der Waals surface area contributed by atoms with E-state index in [1.165, 1.54) is 0 Å². The lowest BCUT2D eigenvalue weighted by molar-refractivity contribution is 0.0922. The number of aliphatic hydroxyl groups is 1. The van der Waals surface area contributed by atoms with E-state index in [0.717, 1.165) is 5.69 Å². The van der Waals surface area contributed by atoms with Gasteiger partial charge >= 0.3 is 0 Å². The molecule has 1 aromatic carbocycles. The van der Waals surface area contributed by atoms with Crippen molar-refractivity contribution in [2.24, 2.45) is 0 Å². The minimum Gasteiger partial charge on any atom is -0.394 e. The van der Waals surface area contributed by atoms with Crippen molar-refractivity contribution in [2.45, 2.75) is 26.4 Å². The Bertz CT molecular complexity index is 595. The monoisotopic (exact) mass is 290 g/mol. The van der Waals surface area contributed by atoms with Crippen molar-refractivity contribution >= 4 is 11.6 Å². The fourth-order valence-electron chi connectivity index (χ4n) is 1.68. The number of carbonyl (C=O) groups is 1. The third kappa shape index (κ3) is 4.28. The molecule has 0 spiro atoms. The lowest BCUT2D eigenvalue weighted by Crippen LogP contribution is -2.34. The average Bonchev–Trinajstić information content (AvgIpc) is 2.91. The van der Waals surface area contributed by atoms with E-state index in [-0.39, 0.29) is 18.6 Å². The highest BCUT2D eigenvalue weighted by atomic mass is 16.5. The van der Waals surface area contributed by atoms with E-state index in [2.05, 4.69) is 20.8 Å². The van der Waals surface area contributed by atoms with E-state index in [9.17, 15) is 4.79 Å². The summed E-state index contributed by atoms with van der Waals surface area (Å²) in [6.07, 6.45) is 0. The molecule has 0 radical (unpaired) electrons. The van der Waals surface area contributed by atoms with Crippen molar-refractivity contribution in [2.75, 3.05) is 11.9 Å². The number of carbonyl (C=O) groups excluding carboxylic acids is 1. The Morgan fingerprint density at radius 3 is 2.67 bits per heavy atom. The third-order valence-electron chi connectivity index (χ3n) is 2.81. The highest BCUT2D eigenvalue weighted by Crippen LogP contribution is 2.11. The largest absolute Gasteiger partial charge is 0.394 e. The van der Waals surface area contributed by atoms with Gasteiger partial charge in [-0.1, -0.05) is 5.16 Å². The minimum absolute atomic E-state index is 0.0883. The maximum atomic E-state index is 11.8. The number of aromatic nitrogens is 2. The molecule has 1 atom stereocenters. The first-order chi connectivity index (χ1) is 10.1. The van der Waals surface area contributed by atoms with Crippen molar-refractivity contribution in [3.63, 3.8) is 0 Å². The van der Waals surface area contributed by atoms with Gasteiger partial charge < -0.3 is 20.3 Å². The SMILES string of the molecule is Cc1noc(CNc2ccc(C(=O)NC(C)CO)cc2)n1. The van der Waals surface area contributed by atoms with Crippen molar-refractivity contribution < 1.29 is 14.4 Å². The summed E-state index contributed by atoms with van der Waals surface area (Å²) in [5.41, 5.74) is 1.38. The van der Waals surface area contributed by atoms with Crippen LogP contribution in [-0.4, -0.2) is 33.8 Å². The number of nitrogens with zero attached hydrogens (tertiary/aromatic N) is 2. The molecule has 0 saturated carbocycles. The Labute approximate surface area is 122 Å². The molecule has 3 N–H and O–H groups in total. The fourth-order valence-corrected chi connectivity index (χ4v) is 1.68. The van der Waals surface area contributed by atoms with Gasteiger partial charge in [-0.25, -0.2) is 0 Å². The summed E-state index contributed by atoms with van der Waals surface area (Å²) in [5, 5.41) is 18.4. The number of aryl methyl sites for hydroxylation is 1. The Balaban J connectivity index is 1.91. The Kier molecular flexibility index (Phi) is 4.89. The zero-order valence-corrected chi connectivity index (χ0v) is 12.0. The fraction of sp³-hybridized carbons (Fsp3) is 0.357. The molecule has 2 aromatic rings. The molecule has 21 heavy (non-hydrogen) atoms. The van der Waals surface area contributed by atoms with Crippen LogP contribution < -0.4 is 10.6 Å². The Hall–Kier alpha value is -2.41. The van der Waals surface area contributed by atoms with Gasteiger partial charge in [-0.05, 0) is 38.1 Å². The summed E-state index contributed by atoms with van der Waals surface area (Å²) in [6, 6.07) is 6.74. The van der Waals surface area contributed by atoms with Crippen LogP contribution in [-0.2, 0) is 6.54 Å². The molecule has 0 saturated heterocycles. The first-order valence-electron chi connectivity index (χ1n) is 6.63. The number of hydrogen-bond acceptors (Lipinski definition) is 6. The van der Waals surface area contributed by atoms with Crippen LogP contribution in [0.2, 0.25) is 0 Å². The zero-order chi connectivity index (χ0) is 15.2. The summed E-state index contributed by atoms with van der Waals surface area (Å²) in [4.78, 5) is 15.9. The quantitative estimate of drug-likeness (QED) is 0.736. The first kappa shape index (κ1) is 15.0. The minimum atomic E-state index is -0.268. The summed E-state index contributed by atoms with van der Waals surface area (Å²) < 4.78 is 4.99. The molecule has 1 amide bonds. The van der Waals surface area contributed by atoms with E-state index >= 15 is 0 Å². The van der Waals surface area contributed by atoms with Gasteiger partial charge in [0, 0.05) is 17.3 Å². The van der Waals surface area contributed by atoms with Crippen LogP contribution in [0.3, 0.4) is 0 Å². The van der Waals surface area contributed by atoms with Gasteiger partial charge in [-0.15, -0.1) is 0 Å². The van der Waals surface area contributed by atoms with Crippen LogP contribution in [0.25, 0.3) is 0 Å². The number of hydrogen-bond donors (Lipinski definition) is 3. The van der Waals surface area contributed by atoms with Crippen LogP contribution in [0, 0.1) is 6.92 Å². The molecule has 1 unspecified atom stereocenters. The van der Waals surface area contributed by atoms with E-state index in [1.807, 2.05) is 0 Å². The maximum Gasteiger partial charge on any atom is 0.251 e. The van der Waals surface area contributed by atoms with Crippen molar-refractivity contribution in [1.29, 1.82) is 0 Å². The van der Waals surface area contributed by atoms with Crippen LogP contribution in [0.5, 0.6) is 0 Å². The smallest absolute Gasteiger partial charge is 0.251 e.